The number of aromatic nitrogens is 1. The van der Waals surface area contributed by atoms with Crippen molar-refractivity contribution in [1.29, 1.82) is 0 Å². The highest BCUT2D eigenvalue weighted by Crippen LogP contribution is 2.33. The van der Waals surface area contributed by atoms with Crippen molar-refractivity contribution in [2.45, 2.75) is 89.3 Å². The van der Waals surface area contributed by atoms with Crippen LogP contribution in [0.5, 0.6) is 5.75 Å². The van der Waals surface area contributed by atoms with Crippen LogP contribution in [0.3, 0.4) is 0 Å². The molecule has 0 bridgehead atoms. The highest BCUT2D eigenvalue weighted by Gasteiger charge is 2.30. The van der Waals surface area contributed by atoms with E-state index in [-0.39, 0.29) is 29.0 Å². The van der Waals surface area contributed by atoms with E-state index < -0.39 is 52.3 Å². The summed E-state index contributed by atoms with van der Waals surface area (Å²) in [5, 5.41) is 13.2. The van der Waals surface area contributed by atoms with E-state index in [9.17, 15) is 23.9 Å². The second-order valence-corrected chi connectivity index (χ2v) is 12.8. The molecule has 2 saturated carbocycles. The van der Waals surface area contributed by atoms with Gasteiger partial charge in [-0.2, -0.15) is 0 Å². The summed E-state index contributed by atoms with van der Waals surface area (Å²) in [6.07, 6.45) is 8.70. The zero-order valence-electron chi connectivity index (χ0n) is 25.8. The number of hydrogen-bond acceptors (Lipinski definition) is 6. The maximum absolute atomic E-state index is 15.4. The van der Waals surface area contributed by atoms with Crippen molar-refractivity contribution in [3.8, 4) is 11.4 Å². The number of halogens is 3. The summed E-state index contributed by atoms with van der Waals surface area (Å²) < 4.78 is 50.6. The van der Waals surface area contributed by atoms with Crippen molar-refractivity contribution < 1.29 is 32.6 Å². The standard InChI is InChI=1S/C35H40F3N3O5/c1-20(16-21-4-2-3-5-21)17-30(35(44)45)40-24-10-12-25(13-11-24)46-26-18-28(37)32(29(38)19-26)41-31(42)15-14-27(34(41)39)33(43)22-6-8-23(36)9-7-22/h6-9,14-15,18-21,24-25,30,40H,2-5,10-13,16-17,39H2,1H3,(H,44,45). The molecule has 2 atom stereocenters. The van der Waals surface area contributed by atoms with Crippen LogP contribution in [0, 0.1) is 29.3 Å². The molecule has 0 amide bonds. The zero-order chi connectivity index (χ0) is 33.0. The number of carboxylic acids is 1. The zero-order valence-corrected chi connectivity index (χ0v) is 25.8. The Morgan fingerprint density at radius 2 is 1.61 bits per heavy atom. The van der Waals surface area contributed by atoms with Crippen molar-refractivity contribution in [1.82, 2.24) is 9.88 Å². The average molecular weight is 640 g/mol. The molecule has 0 saturated heterocycles. The van der Waals surface area contributed by atoms with Gasteiger partial charge in [-0.25, -0.2) is 13.2 Å². The van der Waals surface area contributed by atoms with Crippen LogP contribution >= 0.6 is 0 Å². The quantitative estimate of drug-likeness (QED) is 0.196. The molecule has 2 aliphatic carbocycles. The highest BCUT2D eigenvalue weighted by molar-refractivity contribution is 6.11. The number of pyridine rings is 1. The first-order chi connectivity index (χ1) is 22.0. The number of nitrogen functional groups attached to an aromatic ring is 1. The fraction of sp³-hybridized carbons (Fsp3) is 0.457. The maximum Gasteiger partial charge on any atom is 0.320 e. The lowest BCUT2D eigenvalue weighted by molar-refractivity contribution is -0.140. The van der Waals surface area contributed by atoms with Gasteiger partial charge in [0.05, 0.1) is 11.7 Å². The molecule has 8 nitrogen and oxygen atoms in total. The van der Waals surface area contributed by atoms with E-state index >= 15 is 8.78 Å². The number of rotatable bonds is 12. The fourth-order valence-electron chi connectivity index (χ4n) is 6.94. The van der Waals surface area contributed by atoms with Gasteiger partial charge >= 0.3 is 5.97 Å². The molecule has 0 aliphatic heterocycles. The molecule has 5 rings (SSSR count). The molecule has 246 valence electrons. The molecule has 4 N–H and O–H groups in total. The number of carboxylic acid groups (broad SMARTS) is 1. The average Bonchev–Trinajstić information content (AvgIpc) is 3.52. The van der Waals surface area contributed by atoms with Crippen molar-refractivity contribution in [3.63, 3.8) is 0 Å². The third-order valence-corrected chi connectivity index (χ3v) is 9.26. The monoisotopic (exact) mass is 639 g/mol. The first-order valence-electron chi connectivity index (χ1n) is 16.0. The molecular formula is C35H40F3N3O5. The Morgan fingerprint density at radius 1 is 0.978 bits per heavy atom. The van der Waals surface area contributed by atoms with Crippen LogP contribution in [0.2, 0.25) is 0 Å². The van der Waals surface area contributed by atoms with Crippen LogP contribution in [0.15, 0.2) is 53.3 Å². The number of nitrogens with one attached hydrogen (secondary N) is 1. The molecule has 2 aliphatic rings. The van der Waals surface area contributed by atoms with Gasteiger partial charge in [-0.3, -0.25) is 19.0 Å². The number of ether oxygens (including phenoxy) is 1. The summed E-state index contributed by atoms with van der Waals surface area (Å²) in [5.41, 5.74) is 4.41. The van der Waals surface area contributed by atoms with Crippen LogP contribution in [-0.2, 0) is 4.79 Å². The van der Waals surface area contributed by atoms with Gasteiger partial charge in [-0.1, -0.05) is 32.6 Å². The molecule has 2 unspecified atom stereocenters. The van der Waals surface area contributed by atoms with E-state index in [0.29, 0.717) is 48.5 Å². The normalized spacial score (nSPS) is 19.9. The van der Waals surface area contributed by atoms with Crippen LogP contribution < -0.4 is 21.3 Å². The first kappa shape index (κ1) is 33.2. The maximum atomic E-state index is 15.4. The number of hydrogen-bond donors (Lipinski definition) is 3. The molecular weight excluding hydrogens is 599 g/mol. The third kappa shape index (κ3) is 7.81. The molecule has 1 heterocycles. The lowest BCUT2D eigenvalue weighted by Gasteiger charge is -2.32. The number of carbonyl (C=O) groups excluding carboxylic acids is 1. The predicted molar refractivity (Wildman–Crippen MR) is 168 cm³/mol. The van der Waals surface area contributed by atoms with E-state index in [4.69, 9.17) is 10.5 Å². The van der Waals surface area contributed by atoms with Crippen LogP contribution in [-0.4, -0.2) is 39.6 Å². The molecule has 46 heavy (non-hydrogen) atoms. The largest absolute Gasteiger partial charge is 0.490 e. The Kier molecular flexibility index (Phi) is 10.5. The van der Waals surface area contributed by atoms with Gasteiger partial charge < -0.3 is 20.9 Å². The Balaban J connectivity index is 1.22. The second-order valence-electron chi connectivity index (χ2n) is 12.8. The highest BCUT2D eigenvalue weighted by atomic mass is 19.1. The number of aliphatic carboxylic acids is 1. The minimum atomic E-state index is -1.11. The van der Waals surface area contributed by atoms with Crippen molar-refractivity contribution in [2.24, 2.45) is 11.8 Å². The minimum Gasteiger partial charge on any atom is -0.490 e. The lowest BCUT2D eigenvalue weighted by Crippen LogP contribution is -2.46. The Hall–Kier alpha value is -4.12. The molecule has 2 aromatic carbocycles. The second kappa shape index (κ2) is 14.5. The van der Waals surface area contributed by atoms with E-state index in [1.165, 1.54) is 37.8 Å². The fourth-order valence-corrected chi connectivity index (χ4v) is 6.94. The van der Waals surface area contributed by atoms with Crippen LogP contribution in [0.1, 0.15) is 87.1 Å². The minimum absolute atomic E-state index is 0.00442. The van der Waals surface area contributed by atoms with E-state index in [2.05, 4.69) is 12.2 Å². The van der Waals surface area contributed by atoms with Gasteiger partial charge in [0.25, 0.3) is 5.56 Å². The Labute approximate surface area is 265 Å². The summed E-state index contributed by atoms with van der Waals surface area (Å²) in [4.78, 5) is 37.7. The Morgan fingerprint density at radius 3 is 2.22 bits per heavy atom. The Bertz CT molecular complexity index is 1590. The van der Waals surface area contributed by atoms with Gasteiger partial charge in [-0.15, -0.1) is 0 Å². The molecule has 0 spiro atoms. The van der Waals surface area contributed by atoms with Crippen LogP contribution in [0.4, 0.5) is 19.0 Å². The summed E-state index contributed by atoms with van der Waals surface area (Å²) >= 11 is 0. The SMILES string of the molecule is CC(CC1CCCC1)CC(NC1CCC(Oc2cc(F)c(-n3c(N)c(C(=O)c4ccc(F)cc4)ccc3=O)c(F)c2)CC1)C(=O)O. The van der Waals surface area contributed by atoms with Crippen molar-refractivity contribution in [2.75, 3.05) is 5.73 Å². The van der Waals surface area contributed by atoms with Gasteiger partial charge in [0, 0.05) is 29.8 Å². The molecule has 11 heteroatoms. The first-order valence-corrected chi connectivity index (χ1v) is 16.0. The summed E-state index contributed by atoms with van der Waals surface area (Å²) in [7, 11) is 0. The molecule has 3 aromatic rings. The van der Waals surface area contributed by atoms with Crippen molar-refractivity contribution in [3.05, 3.63) is 87.5 Å². The lowest BCUT2D eigenvalue weighted by atomic mass is 9.88. The smallest absolute Gasteiger partial charge is 0.320 e. The van der Waals surface area contributed by atoms with E-state index in [1.807, 2.05) is 0 Å². The molecule has 2 fully saturated rings. The number of nitrogens with zero attached hydrogens (tertiary/aromatic N) is 1. The number of benzene rings is 2. The van der Waals surface area contributed by atoms with Gasteiger partial charge in [0.1, 0.15) is 29.1 Å². The topological polar surface area (TPSA) is 124 Å². The number of anilines is 1. The van der Waals surface area contributed by atoms with E-state index in [0.717, 1.165) is 42.8 Å². The van der Waals surface area contributed by atoms with Crippen LogP contribution in [0.25, 0.3) is 5.69 Å². The summed E-state index contributed by atoms with van der Waals surface area (Å²) in [6.45, 7) is 2.12. The number of nitrogens with two attached hydrogens (primary N) is 1. The van der Waals surface area contributed by atoms with Crippen molar-refractivity contribution >= 4 is 17.6 Å². The summed E-state index contributed by atoms with van der Waals surface area (Å²) in [6, 6.07) is 8.11. The number of ketones is 1. The molecule has 1 aromatic heterocycles. The van der Waals surface area contributed by atoms with Gasteiger partial charge in [0.2, 0.25) is 0 Å². The van der Waals surface area contributed by atoms with Gasteiger partial charge in [-0.05, 0) is 80.7 Å². The van der Waals surface area contributed by atoms with Gasteiger partial charge in [0.15, 0.2) is 17.4 Å². The third-order valence-electron chi connectivity index (χ3n) is 9.26. The number of carbonyl (C=O) groups is 2. The summed E-state index contributed by atoms with van der Waals surface area (Å²) in [5.74, 6) is -3.79. The van der Waals surface area contributed by atoms with E-state index in [1.54, 1.807) is 0 Å². The predicted octanol–water partition coefficient (Wildman–Crippen LogP) is 6.41. The molecule has 0 radical (unpaired) electrons.